The molecule has 0 bridgehead atoms. The molecule has 0 saturated carbocycles. The maximum absolute atomic E-state index is 2.38. The molecule has 0 aromatic rings. The molecule has 0 nitrogen and oxygen atoms in total. The Morgan fingerprint density at radius 1 is 1.50 bits per heavy atom. The summed E-state index contributed by atoms with van der Waals surface area (Å²) in [4.78, 5) is 0. The normalized spacial score (nSPS) is 29.8. The Bertz CT molecular complexity index is 165. The summed E-state index contributed by atoms with van der Waals surface area (Å²) in [7, 11) is 0. The molecule has 68 valence electrons. The molecule has 0 heterocycles. The first kappa shape index (κ1) is 9.57. The summed E-state index contributed by atoms with van der Waals surface area (Å²) in [6.07, 6.45) is 14.5. The van der Waals surface area contributed by atoms with Gasteiger partial charge in [-0.15, -0.1) is 0 Å². The van der Waals surface area contributed by atoms with Gasteiger partial charge in [-0.05, 0) is 31.1 Å². The van der Waals surface area contributed by atoms with E-state index in [-0.39, 0.29) is 0 Å². The van der Waals surface area contributed by atoms with Crippen LogP contribution in [0.15, 0.2) is 24.3 Å². The van der Waals surface area contributed by atoms with Crippen LogP contribution in [0.2, 0.25) is 0 Å². The van der Waals surface area contributed by atoms with Crippen LogP contribution in [-0.4, -0.2) is 0 Å². The van der Waals surface area contributed by atoms with Gasteiger partial charge in [-0.25, -0.2) is 0 Å². The summed E-state index contributed by atoms with van der Waals surface area (Å²) >= 11 is 0. The molecule has 0 aromatic carbocycles. The molecule has 0 aromatic heterocycles. The average Bonchev–Trinajstić information content (AvgIpc) is 2.09. The highest BCUT2D eigenvalue weighted by atomic mass is 14.2. The van der Waals surface area contributed by atoms with Gasteiger partial charge in [0.2, 0.25) is 0 Å². The summed E-state index contributed by atoms with van der Waals surface area (Å²) in [6, 6.07) is 0. The van der Waals surface area contributed by atoms with Crippen LogP contribution >= 0.6 is 0 Å². The standard InChI is InChI=1S/C12H20/c1-3-4-5-9-12-10-7-6-8-11(12)2/h5,7,9-12H,3-4,6,8H2,1-2H3. The maximum Gasteiger partial charge on any atom is -0.00277 e. The topological polar surface area (TPSA) is 0 Å². The lowest BCUT2D eigenvalue weighted by molar-refractivity contribution is 0.446. The van der Waals surface area contributed by atoms with E-state index in [0.717, 1.165) is 5.92 Å². The lowest BCUT2D eigenvalue weighted by Crippen LogP contribution is -2.09. The second-order valence-electron chi connectivity index (χ2n) is 3.78. The molecule has 0 spiro atoms. The fourth-order valence-corrected chi connectivity index (χ4v) is 1.67. The molecule has 0 aliphatic heterocycles. The van der Waals surface area contributed by atoms with Gasteiger partial charge in [0.1, 0.15) is 0 Å². The summed E-state index contributed by atoms with van der Waals surface area (Å²) in [5.41, 5.74) is 0. The van der Waals surface area contributed by atoms with Crippen molar-refractivity contribution in [1.82, 2.24) is 0 Å². The van der Waals surface area contributed by atoms with Gasteiger partial charge in [0, 0.05) is 0 Å². The first-order valence-electron chi connectivity index (χ1n) is 5.18. The second kappa shape index (κ2) is 5.18. The van der Waals surface area contributed by atoms with Gasteiger partial charge in [0.25, 0.3) is 0 Å². The predicted molar refractivity (Wildman–Crippen MR) is 55.1 cm³/mol. The van der Waals surface area contributed by atoms with E-state index in [9.17, 15) is 0 Å². The van der Waals surface area contributed by atoms with Crippen molar-refractivity contribution in [3.05, 3.63) is 24.3 Å². The van der Waals surface area contributed by atoms with Crippen LogP contribution < -0.4 is 0 Å². The van der Waals surface area contributed by atoms with Gasteiger partial charge < -0.3 is 0 Å². The van der Waals surface area contributed by atoms with Gasteiger partial charge in [0.15, 0.2) is 0 Å². The number of allylic oxidation sites excluding steroid dienone is 4. The number of rotatable bonds is 3. The Kier molecular flexibility index (Phi) is 4.13. The minimum Gasteiger partial charge on any atom is -0.0879 e. The molecule has 2 atom stereocenters. The lowest BCUT2D eigenvalue weighted by atomic mass is 9.85. The van der Waals surface area contributed by atoms with Crippen LogP contribution in [0.4, 0.5) is 0 Å². The molecule has 2 unspecified atom stereocenters. The SMILES string of the molecule is CCCC=CC1C=CCCC1C. The minimum absolute atomic E-state index is 0.713. The van der Waals surface area contributed by atoms with Crippen molar-refractivity contribution < 1.29 is 0 Å². The van der Waals surface area contributed by atoms with Crippen LogP contribution in [0.3, 0.4) is 0 Å². The molecular formula is C12H20. The van der Waals surface area contributed by atoms with E-state index in [0.29, 0.717) is 5.92 Å². The molecule has 12 heavy (non-hydrogen) atoms. The fourth-order valence-electron chi connectivity index (χ4n) is 1.67. The third kappa shape index (κ3) is 2.84. The van der Waals surface area contributed by atoms with Crippen LogP contribution in [0.5, 0.6) is 0 Å². The third-order valence-corrected chi connectivity index (χ3v) is 2.62. The second-order valence-corrected chi connectivity index (χ2v) is 3.78. The largest absolute Gasteiger partial charge is 0.0879 e. The zero-order valence-electron chi connectivity index (χ0n) is 8.29. The quantitative estimate of drug-likeness (QED) is 0.554. The highest BCUT2D eigenvalue weighted by Crippen LogP contribution is 2.25. The van der Waals surface area contributed by atoms with Crippen LogP contribution in [0, 0.1) is 11.8 Å². The Balaban J connectivity index is 2.38. The Morgan fingerprint density at radius 2 is 2.33 bits per heavy atom. The molecule has 0 N–H and O–H groups in total. The van der Waals surface area contributed by atoms with E-state index in [1.54, 1.807) is 0 Å². The lowest BCUT2D eigenvalue weighted by Gasteiger charge is -2.20. The van der Waals surface area contributed by atoms with Crippen molar-refractivity contribution in [3.8, 4) is 0 Å². The first-order chi connectivity index (χ1) is 5.84. The maximum atomic E-state index is 2.38. The summed E-state index contributed by atoms with van der Waals surface area (Å²) < 4.78 is 0. The number of hydrogen-bond acceptors (Lipinski definition) is 0. The van der Waals surface area contributed by atoms with E-state index in [2.05, 4.69) is 38.2 Å². The van der Waals surface area contributed by atoms with Gasteiger partial charge >= 0.3 is 0 Å². The smallest absolute Gasteiger partial charge is 0.00277 e. The predicted octanol–water partition coefficient (Wildman–Crippen LogP) is 3.95. The Hall–Kier alpha value is -0.520. The number of hydrogen-bond donors (Lipinski definition) is 0. The highest BCUT2D eigenvalue weighted by molar-refractivity contribution is 5.05. The Morgan fingerprint density at radius 3 is 3.00 bits per heavy atom. The molecule has 0 radical (unpaired) electrons. The van der Waals surface area contributed by atoms with Crippen molar-refractivity contribution in [3.63, 3.8) is 0 Å². The molecule has 0 fully saturated rings. The van der Waals surface area contributed by atoms with Gasteiger partial charge in [-0.2, -0.15) is 0 Å². The van der Waals surface area contributed by atoms with Gasteiger partial charge in [-0.1, -0.05) is 44.6 Å². The van der Waals surface area contributed by atoms with Crippen molar-refractivity contribution >= 4 is 0 Å². The Labute approximate surface area is 76.4 Å². The summed E-state index contributed by atoms with van der Waals surface area (Å²) in [5.74, 6) is 1.56. The highest BCUT2D eigenvalue weighted by Gasteiger charge is 2.13. The van der Waals surface area contributed by atoms with Crippen molar-refractivity contribution in [2.75, 3.05) is 0 Å². The van der Waals surface area contributed by atoms with E-state index >= 15 is 0 Å². The van der Waals surface area contributed by atoms with E-state index in [4.69, 9.17) is 0 Å². The van der Waals surface area contributed by atoms with Crippen molar-refractivity contribution in [2.24, 2.45) is 11.8 Å². The molecule has 0 amide bonds. The van der Waals surface area contributed by atoms with Crippen LogP contribution in [0.1, 0.15) is 39.5 Å². The number of unbranched alkanes of at least 4 members (excludes halogenated alkanes) is 1. The van der Waals surface area contributed by atoms with Gasteiger partial charge in [0.05, 0.1) is 0 Å². The molecule has 1 aliphatic rings. The average molecular weight is 164 g/mol. The van der Waals surface area contributed by atoms with Crippen molar-refractivity contribution in [1.29, 1.82) is 0 Å². The molecular weight excluding hydrogens is 144 g/mol. The first-order valence-corrected chi connectivity index (χ1v) is 5.18. The van der Waals surface area contributed by atoms with Gasteiger partial charge in [-0.3, -0.25) is 0 Å². The third-order valence-electron chi connectivity index (χ3n) is 2.62. The molecule has 0 heteroatoms. The van der Waals surface area contributed by atoms with Crippen molar-refractivity contribution in [2.45, 2.75) is 39.5 Å². The minimum atomic E-state index is 0.713. The molecule has 1 rings (SSSR count). The fraction of sp³-hybridized carbons (Fsp3) is 0.667. The molecule has 1 aliphatic carbocycles. The zero-order chi connectivity index (χ0) is 8.81. The summed E-state index contributed by atoms with van der Waals surface area (Å²) in [6.45, 7) is 4.58. The van der Waals surface area contributed by atoms with E-state index in [1.807, 2.05) is 0 Å². The summed E-state index contributed by atoms with van der Waals surface area (Å²) in [5, 5.41) is 0. The molecule has 0 saturated heterocycles. The van der Waals surface area contributed by atoms with Crippen LogP contribution in [-0.2, 0) is 0 Å². The monoisotopic (exact) mass is 164 g/mol. The zero-order valence-corrected chi connectivity index (χ0v) is 8.29. The van der Waals surface area contributed by atoms with E-state index in [1.165, 1.54) is 25.7 Å². The van der Waals surface area contributed by atoms with Crippen LogP contribution in [0.25, 0.3) is 0 Å². The van der Waals surface area contributed by atoms with E-state index < -0.39 is 0 Å².